The number of primary amides is 1. The molecule has 0 radical (unpaired) electrons. The molecule has 7 nitrogen and oxygen atoms in total. The maximum Gasteiger partial charge on any atom is 0.273 e. The second kappa shape index (κ2) is 5.43. The fourth-order valence-electron chi connectivity index (χ4n) is 1.66. The molecule has 1 heterocycles. The second-order valence-corrected chi connectivity index (χ2v) is 3.87. The lowest BCUT2D eigenvalue weighted by molar-refractivity contribution is 0.0992. The summed E-state index contributed by atoms with van der Waals surface area (Å²) < 4.78 is 11.5. The van der Waals surface area contributed by atoms with Gasteiger partial charge in [0, 0.05) is 0 Å². The summed E-state index contributed by atoms with van der Waals surface area (Å²) in [6.07, 6.45) is 0. The second-order valence-electron chi connectivity index (χ2n) is 3.87. The van der Waals surface area contributed by atoms with Gasteiger partial charge in [-0.3, -0.25) is 9.59 Å². The number of carbonyl (C=O) groups is 1. The van der Waals surface area contributed by atoms with Crippen molar-refractivity contribution in [1.29, 1.82) is 0 Å². The summed E-state index contributed by atoms with van der Waals surface area (Å²) in [5.41, 5.74) is 4.80. The van der Waals surface area contributed by atoms with Crippen LogP contribution in [0.15, 0.2) is 35.1 Å². The fraction of sp³-hybridized carbons (Fsp3) is 0.154. The molecule has 7 heteroatoms. The number of hydrogen-bond acceptors (Lipinski definition) is 5. The molecule has 20 heavy (non-hydrogen) atoms. The highest BCUT2D eigenvalue weighted by atomic mass is 16.5. The van der Waals surface area contributed by atoms with Gasteiger partial charge in [0.15, 0.2) is 5.69 Å². The minimum absolute atomic E-state index is 0.199. The Morgan fingerprint density at radius 2 is 1.85 bits per heavy atom. The lowest BCUT2D eigenvalue weighted by Crippen LogP contribution is -2.26. The lowest BCUT2D eigenvalue weighted by Gasteiger charge is -2.12. The minimum Gasteiger partial charge on any atom is -0.497 e. The molecular formula is C13H13N3O4. The standard InChI is InChI=1S/C13H13N3O4/c1-19-9-5-3-8(4-6-9)16-11(20-2)7-10(17)12(15-16)13(14)18/h3-7H,1-2H3,(H2,14,18). The summed E-state index contributed by atoms with van der Waals surface area (Å²) in [6.45, 7) is 0. The van der Waals surface area contributed by atoms with Crippen LogP contribution in [0.1, 0.15) is 10.5 Å². The molecule has 0 atom stereocenters. The number of aromatic nitrogens is 2. The Kier molecular flexibility index (Phi) is 3.69. The average Bonchev–Trinajstić information content (AvgIpc) is 2.46. The third-order valence-corrected chi connectivity index (χ3v) is 2.66. The average molecular weight is 275 g/mol. The molecule has 0 saturated heterocycles. The number of amides is 1. The normalized spacial score (nSPS) is 10.1. The Labute approximate surface area is 114 Å². The van der Waals surface area contributed by atoms with Crippen LogP contribution in [0.4, 0.5) is 0 Å². The van der Waals surface area contributed by atoms with Gasteiger partial charge in [-0.1, -0.05) is 0 Å². The summed E-state index contributed by atoms with van der Waals surface area (Å²) in [5, 5.41) is 3.93. The molecule has 0 saturated carbocycles. The highest BCUT2D eigenvalue weighted by Gasteiger charge is 2.14. The van der Waals surface area contributed by atoms with Crippen molar-refractivity contribution in [3.8, 4) is 17.3 Å². The fourth-order valence-corrected chi connectivity index (χ4v) is 1.66. The summed E-state index contributed by atoms with van der Waals surface area (Å²) in [6, 6.07) is 8.03. The summed E-state index contributed by atoms with van der Waals surface area (Å²) >= 11 is 0. The zero-order valence-electron chi connectivity index (χ0n) is 11.0. The number of benzene rings is 1. The molecule has 0 bridgehead atoms. The van der Waals surface area contributed by atoms with Crippen molar-refractivity contribution < 1.29 is 14.3 Å². The molecule has 1 aromatic carbocycles. The Bertz CT molecular complexity index is 692. The van der Waals surface area contributed by atoms with Crippen LogP contribution in [0.3, 0.4) is 0 Å². The van der Waals surface area contributed by atoms with E-state index >= 15 is 0 Å². The van der Waals surface area contributed by atoms with E-state index in [0.29, 0.717) is 11.4 Å². The number of carbonyl (C=O) groups excluding carboxylic acids is 1. The van der Waals surface area contributed by atoms with Crippen LogP contribution in [0, 0.1) is 0 Å². The summed E-state index contributed by atoms with van der Waals surface area (Å²) in [5.74, 6) is -0.0195. The monoisotopic (exact) mass is 275 g/mol. The van der Waals surface area contributed by atoms with Crippen LogP contribution in [0.25, 0.3) is 5.69 Å². The molecule has 0 fully saturated rings. The molecule has 0 aliphatic heterocycles. The predicted octanol–water partition coefficient (Wildman–Crippen LogP) is 0.349. The van der Waals surface area contributed by atoms with Gasteiger partial charge in [-0.15, -0.1) is 0 Å². The van der Waals surface area contributed by atoms with Gasteiger partial charge in [0.2, 0.25) is 11.3 Å². The highest BCUT2D eigenvalue weighted by Crippen LogP contribution is 2.18. The van der Waals surface area contributed by atoms with Crippen LogP contribution in [0.5, 0.6) is 11.6 Å². The summed E-state index contributed by atoms with van der Waals surface area (Å²) in [4.78, 5) is 22.8. The van der Waals surface area contributed by atoms with Crippen molar-refractivity contribution in [2.75, 3.05) is 14.2 Å². The topological polar surface area (TPSA) is 96.4 Å². The van der Waals surface area contributed by atoms with E-state index in [1.54, 1.807) is 31.4 Å². The van der Waals surface area contributed by atoms with E-state index in [-0.39, 0.29) is 11.6 Å². The van der Waals surface area contributed by atoms with Crippen molar-refractivity contribution in [1.82, 2.24) is 9.78 Å². The van der Waals surface area contributed by atoms with E-state index in [0.717, 1.165) is 6.07 Å². The van der Waals surface area contributed by atoms with Crippen molar-refractivity contribution >= 4 is 5.91 Å². The first-order valence-electron chi connectivity index (χ1n) is 5.69. The molecule has 2 N–H and O–H groups in total. The van der Waals surface area contributed by atoms with Crippen LogP contribution in [-0.2, 0) is 0 Å². The van der Waals surface area contributed by atoms with Gasteiger partial charge in [0.1, 0.15) is 5.75 Å². The highest BCUT2D eigenvalue weighted by molar-refractivity contribution is 5.90. The number of rotatable bonds is 4. The molecule has 0 spiro atoms. The van der Waals surface area contributed by atoms with Crippen molar-refractivity contribution in [3.63, 3.8) is 0 Å². The van der Waals surface area contributed by atoms with Crippen molar-refractivity contribution in [2.24, 2.45) is 5.73 Å². The molecule has 0 aliphatic carbocycles. The summed E-state index contributed by atoms with van der Waals surface area (Å²) in [7, 11) is 2.96. The van der Waals surface area contributed by atoms with E-state index in [1.165, 1.54) is 11.8 Å². The Hall–Kier alpha value is -2.83. The van der Waals surface area contributed by atoms with Crippen LogP contribution in [0.2, 0.25) is 0 Å². The maximum atomic E-state index is 11.6. The molecule has 2 rings (SSSR count). The number of hydrogen-bond donors (Lipinski definition) is 1. The lowest BCUT2D eigenvalue weighted by atomic mass is 10.3. The minimum atomic E-state index is -0.889. The van der Waals surface area contributed by atoms with Gasteiger partial charge in [-0.25, -0.2) is 4.68 Å². The Balaban J connectivity index is 2.61. The largest absolute Gasteiger partial charge is 0.497 e. The van der Waals surface area contributed by atoms with Gasteiger partial charge >= 0.3 is 0 Å². The zero-order valence-corrected chi connectivity index (χ0v) is 11.0. The maximum absolute atomic E-state index is 11.6. The smallest absolute Gasteiger partial charge is 0.273 e. The Morgan fingerprint density at radius 1 is 1.20 bits per heavy atom. The third kappa shape index (κ3) is 2.46. The molecule has 0 unspecified atom stereocenters. The van der Waals surface area contributed by atoms with Gasteiger partial charge in [0.25, 0.3) is 5.91 Å². The first-order chi connectivity index (χ1) is 9.56. The van der Waals surface area contributed by atoms with E-state index in [1.807, 2.05) is 0 Å². The number of methoxy groups -OCH3 is 2. The van der Waals surface area contributed by atoms with Gasteiger partial charge in [-0.05, 0) is 24.3 Å². The van der Waals surface area contributed by atoms with Gasteiger partial charge in [-0.2, -0.15) is 5.10 Å². The van der Waals surface area contributed by atoms with Gasteiger partial charge in [0.05, 0.1) is 26.0 Å². The zero-order chi connectivity index (χ0) is 14.7. The quantitative estimate of drug-likeness (QED) is 0.868. The van der Waals surface area contributed by atoms with E-state index < -0.39 is 11.3 Å². The number of nitrogens with zero attached hydrogens (tertiary/aromatic N) is 2. The molecular weight excluding hydrogens is 262 g/mol. The van der Waals surface area contributed by atoms with E-state index in [9.17, 15) is 9.59 Å². The first-order valence-corrected chi connectivity index (χ1v) is 5.69. The van der Waals surface area contributed by atoms with E-state index in [2.05, 4.69) is 5.10 Å². The molecule has 104 valence electrons. The van der Waals surface area contributed by atoms with Crippen LogP contribution in [-0.4, -0.2) is 29.9 Å². The molecule has 1 amide bonds. The SMILES string of the molecule is COc1ccc(-n2nc(C(N)=O)c(=O)cc2OC)cc1. The van der Waals surface area contributed by atoms with Crippen molar-refractivity contribution in [2.45, 2.75) is 0 Å². The molecule has 0 aliphatic rings. The molecule has 1 aromatic heterocycles. The number of ether oxygens (including phenoxy) is 2. The van der Waals surface area contributed by atoms with E-state index in [4.69, 9.17) is 15.2 Å². The third-order valence-electron chi connectivity index (χ3n) is 2.66. The van der Waals surface area contributed by atoms with Crippen LogP contribution < -0.4 is 20.6 Å². The number of nitrogens with two attached hydrogens (primary N) is 1. The van der Waals surface area contributed by atoms with Crippen molar-refractivity contribution in [3.05, 3.63) is 46.2 Å². The first kappa shape index (κ1) is 13.6. The van der Waals surface area contributed by atoms with Crippen LogP contribution >= 0.6 is 0 Å². The predicted molar refractivity (Wildman–Crippen MR) is 71.5 cm³/mol. The Morgan fingerprint density at radius 3 is 2.35 bits per heavy atom. The molecule has 2 aromatic rings. The van der Waals surface area contributed by atoms with Gasteiger partial charge < -0.3 is 15.2 Å².